The van der Waals surface area contributed by atoms with Crippen LogP contribution in [0, 0.1) is 6.92 Å². The van der Waals surface area contributed by atoms with Gasteiger partial charge in [-0.1, -0.05) is 30.3 Å². The van der Waals surface area contributed by atoms with E-state index in [0.717, 1.165) is 16.2 Å². The fourth-order valence-electron chi connectivity index (χ4n) is 2.99. The summed E-state index contributed by atoms with van der Waals surface area (Å²) in [6, 6.07) is 12.7. The largest absolute Gasteiger partial charge is 0.433 e. The van der Waals surface area contributed by atoms with Gasteiger partial charge >= 0.3 is 11.9 Å². The van der Waals surface area contributed by atoms with Crippen molar-refractivity contribution < 1.29 is 13.2 Å². The summed E-state index contributed by atoms with van der Waals surface area (Å²) in [5.41, 5.74) is 4.61. The van der Waals surface area contributed by atoms with Crippen molar-refractivity contribution in [2.75, 3.05) is 0 Å². The molecule has 160 valence electrons. The Balaban J connectivity index is 0.00000320. The van der Waals surface area contributed by atoms with Crippen molar-refractivity contribution in [2.24, 2.45) is 5.73 Å². The lowest BCUT2D eigenvalue weighted by molar-refractivity contribution is -0.141. The Morgan fingerprint density at radius 3 is 2.23 bits per heavy atom. The Labute approximate surface area is 176 Å². The number of aryl methyl sites for hydroxylation is 1. The van der Waals surface area contributed by atoms with Gasteiger partial charge in [-0.25, -0.2) is 9.78 Å². The van der Waals surface area contributed by atoms with Gasteiger partial charge in [0.2, 0.25) is 0 Å². The minimum absolute atomic E-state index is 0. The Morgan fingerprint density at radius 2 is 1.63 bits per heavy atom. The molecule has 0 spiro atoms. The van der Waals surface area contributed by atoms with Crippen molar-refractivity contribution in [3.05, 3.63) is 97.6 Å². The Morgan fingerprint density at radius 1 is 0.967 bits per heavy atom. The van der Waals surface area contributed by atoms with E-state index in [1.165, 1.54) is 16.7 Å². The lowest BCUT2D eigenvalue weighted by atomic mass is 10.2. The fraction of sp³-hybridized carbons (Fsp3) is 0.250. The number of benzene rings is 1. The zero-order valence-corrected chi connectivity index (χ0v) is 16.8. The third kappa shape index (κ3) is 5.17. The van der Waals surface area contributed by atoms with Crippen molar-refractivity contribution in [1.29, 1.82) is 0 Å². The highest BCUT2D eigenvalue weighted by Crippen LogP contribution is 2.28. The van der Waals surface area contributed by atoms with Crippen LogP contribution in [0.1, 0.15) is 28.2 Å². The number of pyridine rings is 1. The molecule has 0 aliphatic rings. The minimum atomic E-state index is -4.66. The molecule has 0 saturated heterocycles. The average molecular weight is 441 g/mol. The van der Waals surface area contributed by atoms with Gasteiger partial charge in [-0.2, -0.15) is 13.2 Å². The van der Waals surface area contributed by atoms with E-state index in [-0.39, 0.29) is 43.3 Å². The SMILES string of the molecule is Cc1cc(=O)n(Cc2cc(CN)cc(C(F)(F)F)n2)c(=O)n1Cc1ccccc1.Cl. The second kappa shape index (κ2) is 9.27. The maximum atomic E-state index is 13.1. The van der Waals surface area contributed by atoms with Crippen LogP contribution in [0.5, 0.6) is 0 Å². The molecule has 3 aromatic rings. The number of hydrogen-bond donors (Lipinski definition) is 1. The molecule has 0 radical (unpaired) electrons. The molecule has 2 aromatic heterocycles. The molecule has 3 rings (SSSR count). The summed E-state index contributed by atoms with van der Waals surface area (Å²) in [5, 5.41) is 0. The molecule has 0 aliphatic heterocycles. The van der Waals surface area contributed by atoms with Crippen molar-refractivity contribution in [3.63, 3.8) is 0 Å². The van der Waals surface area contributed by atoms with Gasteiger partial charge in [-0.3, -0.25) is 13.9 Å². The van der Waals surface area contributed by atoms with Crippen molar-refractivity contribution in [2.45, 2.75) is 32.7 Å². The maximum Gasteiger partial charge on any atom is 0.433 e. The molecular weight excluding hydrogens is 421 g/mol. The van der Waals surface area contributed by atoms with E-state index in [1.807, 2.05) is 30.3 Å². The summed E-state index contributed by atoms with van der Waals surface area (Å²) in [6.45, 7) is 1.35. The number of aromatic nitrogens is 3. The molecule has 0 fully saturated rings. The van der Waals surface area contributed by atoms with Crippen LogP contribution in [0.3, 0.4) is 0 Å². The Bertz CT molecular complexity index is 1140. The highest BCUT2D eigenvalue weighted by Gasteiger charge is 2.33. The number of hydrogen-bond acceptors (Lipinski definition) is 4. The van der Waals surface area contributed by atoms with Gasteiger partial charge in [-0.15, -0.1) is 12.4 Å². The number of nitrogens with zero attached hydrogens (tertiary/aromatic N) is 3. The third-order valence-corrected chi connectivity index (χ3v) is 4.45. The second-order valence-electron chi connectivity index (χ2n) is 6.62. The number of rotatable bonds is 5. The van der Waals surface area contributed by atoms with E-state index >= 15 is 0 Å². The van der Waals surface area contributed by atoms with E-state index in [9.17, 15) is 22.8 Å². The first-order chi connectivity index (χ1) is 13.7. The van der Waals surface area contributed by atoms with Crippen LogP contribution in [0.2, 0.25) is 0 Å². The van der Waals surface area contributed by atoms with Crippen molar-refractivity contribution >= 4 is 12.4 Å². The lowest BCUT2D eigenvalue weighted by Gasteiger charge is -2.14. The van der Waals surface area contributed by atoms with Crippen molar-refractivity contribution in [1.82, 2.24) is 14.1 Å². The Hall–Kier alpha value is -2.91. The fourth-order valence-corrected chi connectivity index (χ4v) is 2.99. The summed E-state index contributed by atoms with van der Waals surface area (Å²) in [5.74, 6) is 0. The van der Waals surface area contributed by atoms with Gasteiger partial charge in [-0.05, 0) is 30.2 Å². The van der Waals surface area contributed by atoms with Crippen LogP contribution in [-0.4, -0.2) is 14.1 Å². The van der Waals surface area contributed by atoms with Crippen molar-refractivity contribution in [3.8, 4) is 0 Å². The molecule has 2 heterocycles. The van der Waals surface area contributed by atoms with E-state index in [2.05, 4.69) is 4.98 Å². The molecule has 1 aromatic carbocycles. The predicted molar refractivity (Wildman–Crippen MR) is 109 cm³/mol. The monoisotopic (exact) mass is 440 g/mol. The molecule has 0 unspecified atom stereocenters. The van der Waals surface area contributed by atoms with E-state index in [0.29, 0.717) is 5.69 Å². The summed E-state index contributed by atoms with van der Waals surface area (Å²) in [7, 11) is 0. The van der Waals surface area contributed by atoms with Gasteiger partial charge in [0.25, 0.3) is 5.56 Å². The smallest absolute Gasteiger partial charge is 0.326 e. The molecular formula is C20H20ClF3N4O2. The standard InChI is InChI=1S/C20H19F3N4O2.ClH/c1-13-7-18(28)27(19(29)26(13)11-14-5-3-2-4-6-14)12-16-8-15(10-24)9-17(25-16)20(21,22)23;/h2-9H,10-12,24H2,1H3;1H. The second-order valence-corrected chi connectivity index (χ2v) is 6.62. The van der Waals surface area contributed by atoms with Crippen LogP contribution in [0.4, 0.5) is 13.2 Å². The molecule has 0 aliphatic carbocycles. The van der Waals surface area contributed by atoms with Gasteiger partial charge < -0.3 is 5.73 Å². The van der Waals surface area contributed by atoms with Crippen LogP contribution >= 0.6 is 12.4 Å². The molecule has 6 nitrogen and oxygen atoms in total. The van der Waals surface area contributed by atoms with Crippen LogP contribution in [0.25, 0.3) is 0 Å². The molecule has 0 amide bonds. The number of nitrogens with two attached hydrogens (primary N) is 1. The van der Waals surface area contributed by atoms with Crippen LogP contribution < -0.4 is 17.0 Å². The number of alkyl halides is 3. The summed E-state index contributed by atoms with van der Waals surface area (Å²) in [6.07, 6.45) is -4.66. The summed E-state index contributed by atoms with van der Waals surface area (Å²) < 4.78 is 41.6. The van der Waals surface area contributed by atoms with Crippen LogP contribution in [0.15, 0.2) is 58.1 Å². The highest BCUT2D eigenvalue weighted by atomic mass is 35.5. The molecule has 10 heteroatoms. The number of halogens is 4. The van der Waals surface area contributed by atoms with E-state index < -0.39 is 23.1 Å². The topological polar surface area (TPSA) is 82.9 Å². The van der Waals surface area contributed by atoms with Gasteiger partial charge in [0.1, 0.15) is 5.69 Å². The van der Waals surface area contributed by atoms with E-state index in [1.54, 1.807) is 6.92 Å². The minimum Gasteiger partial charge on any atom is -0.326 e. The van der Waals surface area contributed by atoms with Gasteiger partial charge in [0, 0.05) is 18.3 Å². The predicted octanol–water partition coefficient (Wildman–Crippen LogP) is 2.71. The summed E-state index contributed by atoms with van der Waals surface area (Å²) >= 11 is 0. The quantitative estimate of drug-likeness (QED) is 0.661. The average Bonchev–Trinajstić information content (AvgIpc) is 2.68. The van der Waals surface area contributed by atoms with Crippen LogP contribution in [-0.2, 0) is 25.8 Å². The molecule has 2 N–H and O–H groups in total. The summed E-state index contributed by atoms with van der Waals surface area (Å²) in [4.78, 5) is 28.9. The first kappa shape index (κ1) is 23.4. The highest BCUT2D eigenvalue weighted by molar-refractivity contribution is 5.85. The first-order valence-electron chi connectivity index (χ1n) is 8.81. The molecule has 0 saturated carbocycles. The van der Waals surface area contributed by atoms with Gasteiger partial charge in [0.05, 0.1) is 18.8 Å². The first-order valence-corrected chi connectivity index (χ1v) is 8.81. The molecule has 0 bridgehead atoms. The zero-order valence-electron chi connectivity index (χ0n) is 16.0. The molecule has 30 heavy (non-hydrogen) atoms. The normalized spacial score (nSPS) is 11.2. The zero-order chi connectivity index (χ0) is 21.2. The maximum absolute atomic E-state index is 13.1. The Kier molecular flexibility index (Phi) is 7.22. The lowest BCUT2D eigenvalue weighted by Crippen LogP contribution is -2.41. The third-order valence-electron chi connectivity index (χ3n) is 4.45. The van der Waals surface area contributed by atoms with Gasteiger partial charge in [0.15, 0.2) is 0 Å². The van der Waals surface area contributed by atoms with E-state index in [4.69, 9.17) is 5.73 Å². The molecule has 0 atom stereocenters.